The van der Waals surface area contributed by atoms with E-state index in [1.807, 2.05) is 24.3 Å². The lowest BCUT2D eigenvalue weighted by Gasteiger charge is -2.28. The third-order valence-electron chi connectivity index (χ3n) is 3.95. The SMILES string of the molecule is COc1ccc(CC(C)(C)NCC(O)COc2ccc(Cl)cc2Cl)cc1.Cl. The Kier molecular flexibility index (Phi) is 9.71. The molecule has 7 heteroatoms. The molecule has 0 amide bonds. The van der Waals surface area contributed by atoms with Crippen LogP contribution in [-0.2, 0) is 6.42 Å². The Balaban J connectivity index is 0.00000364. The Morgan fingerprint density at radius 1 is 1.11 bits per heavy atom. The summed E-state index contributed by atoms with van der Waals surface area (Å²) in [6.45, 7) is 4.75. The van der Waals surface area contributed by atoms with E-state index in [-0.39, 0.29) is 24.6 Å². The van der Waals surface area contributed by atoms with Crippen LogP contribution < -0.4 is 14.8 Å². The van der Waals surface area contributed by atoms with Crippen LogP contribution >= 0.6 is 35.6 Å². The van der Waals surface area contributed by atoms with Gasteiger partial charge in [0.1, 0.15) is 24.2 Å². The van der Waals surface area contributed by atoms with Gasteiger partial charge in [0.25, 0.3) is 0 Å². The normalized spacial score (nSPS) is 12.2. The van der Waals surface area contributed by atoms with Crippen LogP contribution in [0.2, 0.25) is 10.0 Å². The van der Waals surface area contributed by atoms with E-state index in [1.54, 1.807) is 25.3 Å². The molecule has 0 saturated carbocycles. The largest absolute Gasteiger partial charge is 0.497 e. The van der Waals surface area contributed by atoms with Gasteiger partial charge in [0, 0.05) is 17.1 Å². The summed E-state index contributed by atoms with van der Waals surface area (Å²) in [6.07, 6.45) is 0.171. The van der Waals surface area contributed by atoms with E-state index in [0.29, 0.717) is 22.3 Å². The molecule has 0 aromatic heterocycles. The number of ether oxygens (including phenoxy) is 2. The van der Waals surface area contributed by atoms with Gasteiger partial charge >= 0.3 is 0 Å². The highest BCUT2D eigenvalue weighted by Crippen LogP contribution is 2.27. The molecule has 27 heavy (non-hydrogen) atoms. The minimum atomic E-state index is -0.656. The highest BCUT2D eigenvalue weighted by Gasteiger charge is 2.19. The second-order valence-electron chi connectivity index (χ2n) is 6.83. The van der Waals surface area contributed by atoms with Crippen molar-refractivity contribution in [3.05, 3.63) is 58.1 Å². The van der Waals surface area contributed by atoms with Gasteiger partial charge < -0.3 is 19.9 Å². The van der Waals surface area contributed by atoms with Crippen molar-refractivity contribution in [1.29, 1.82) is 0 Å². The third-order valence-corrected chi connectivity index (χ3v) is 4.48. The van der Waals surface area contributed by atoms with Gasteiger partial charge in [-0.3, -0.25) is 0 Å². The van der Waals surface area contributed by atoms with Crippen LogP contribution in [0.15, 0.2) is 42.5 Å². The van der Waals surface area contributed by atoms with Crippen molar-refractivity contribution in [1.82, 2.24) is 5.32 Å². The van der Waals surface area contributed by atoms with Crippen molar-refractivity contribution in [2.75, 3.05) is 20.3 Å². The first-order valence-corrected chi connectivity index (χ1v) is 9.18. The average molecular weight is 435 g/mol. The number of aliphatic hydroxyl groups excluding tert-OH is 1. The van der Waals surface area contributed by atoms with Gasteiger partial charge in [-0.15, -0.1) is 12.4 Å². The maximum Gasteiger partial charge on any atom is 0.138 e. The molecule has 2 aromatic rings. The van der Waals surface area contributed by atoms with Gasteiger partial charge in [-0.2, -0.15) is 0 Å². The van der Waals surface area contributed by atoms with E-state index in [0.717, 1.165) is 12.2 Å². The molecule has 2 N–H and O–H groups in total. The van der Waals surface area contributed by atoms with Crippen LogP contribution in [0.5, 0.6) is 11.5 Å². The first-order valence-electron chi connectivity index (χ1n) is 8.43. The van der Waals surface area contributed by atoms with E-state index in [2.05, 4.69) is 19.2 Å². The molecule has 1 atom stereocenters. The van der Waals surface area contributed by atoms with E-state index in [4.69, 9.17) is 32.7 Å². The first-order chi connectivity index (χ1) is 12.3. The van der Waals surface area contributed by atoms with E-state index >= 15 is 0 Å². The fourth-order valence-corrected chi connectivity index (χ4v) is 3.01. The summed E-state index contributed by atoms with van der Waals surface area (Å²) in [7, 11) is 1.65. The summed E-state index contributed by atoms with van der Waals surface area (Å²) in [4.78, 5) is 0. The van der Waals surface area contributed by atoms with Gasteiger partial charge in [-0.1, -0.05) is 35.3 Å². The molecule has 0 saturated heterocycles. The maximum atomic E-state index is 10.2. The van der Waals surface area contributed by atoms with Crippen molar-refractivity contribution in [2.24, 2.45) is 0 Å². The van der Waals surface area contributed by atoms with Crippen LogP contribution in [-0.4, -0.2) is 37.0 Å². The predicted molar refractivity (Wildman–Crippen MR) is 114 cm³/mol. The Morgan fingerprint density at radius 3 is 2.37 bits per heavy atom. The summed E-state index contributed by atoms with van der Waals surface area (Å²) in [5.41, 5.74) is 1.02. The fourth-order valence-electron chi connectivity index (χ4n) is 2.55. The van der Waals surface area contributed by atoms with Crippen LogP contribution in [0.4, 0.5) is 0 Å². The Labute approximate surface area is 177 Å². The summed E-state index contributed by atoms with van der Waals surface area (Å²) in [6, 6.07) is 13.0. The molecule has 0 spiro atoms. The molecule has 150 valence electrons. The quantitative estimate of drug-likeness (QED) is 0.596. The number of hydrogen-bond donors (Lipinski definition) is 2. The maximum absolute atomic E-state index is 10.2. The zero-order chi connectivity index (χ0) is 19.2. The summed E-state index contributed by atoms with van der Waals surface area (Å²) < 4.78 is 10.7. The minimum Gasteiger partial charge on any atom is -0.497 e. The van der Waals surface area contributed by atoms with Crippen LogP contribution in [0, 0.1) is 0 Å². The zero-order valence-electron chi connectivity index (χ0n) is 15.7. The lowest BCUT2D eigenvalue weighted by atomic mass is 9.94. The number of β-amino-alcohol motifs (C(OH)–C–C–N with tert-alkyl or cyclic N) is 1. The summed E-state index contributed by atoms with van der Waals surface area (Å²) >= 11 is 11.9. The highest BCUT2D eigenvalue weighted by atomic mass is 35.5. The summed E-state index contributed by atoms with van der Waals surface area (Å²) in [5.74, 6) is 1.35. The molecular formula is C20H26Cl3NO3. The van der Waals surface area contributed by atoms with Gasteiger partial charge in [0.2, 0.25) is 0 Å². The van der Waals surface area contributed by atoms with E-state index < -0.39 is 6.10 Å². The molecule has 0 radical (unpaired) electrons. The second-order valence-corrected chi connectivity index (χ2v) is 7.67. The number of rotatable bonds is 9. The van der Waals surface area contributed by atoms with E-state index in [9.17, 15) is 5.11 Å². The Bertz CT molecular complexity index is 708. The molecule has 0 bridgehead atoms. The number of hydrogen-bond acceptors (Lipinski definition) is 4. The molecule has 0 fully saturated rings. The molecule has 0 heterocycles. The van der Waals surface area contributed by atoms with Crippen molar-refractivity contribution in [2.45, 2.75) is 31.9 Å². The Morgan fingerprint density at radius 2 is 1.78 bits per heavy atom. The standard InChI is InChI=1S/C20H25Cl2NO3.ClH/c1-20(2,11-14-4-7-17(25-3)8-5-14)23-12-16(24)13-26-19-9-6-15(21)10-18(19)22;/h4-10,16,23-24H,11-13H2,1-3H3;1H. The first kappa shape index (κ1) is 23.9. The molecule has 2 rings (SSSR count). The van der Waals surface area contributed by atoms with Gasteiger partial charge in [-0.25, -0.2) is 0 Å². The molecule has 0 aliphatic rings. The predicted octanol–water partition coefficient (Wildman–Crippen LogP) is 4.77. The number of aliphatic hydroxyl groups is 1. The second kappa shape index (κ2) is 11.0. The van der Waals surface area contributed by atoms with Crippen LogP contribution in [0.25, 0.3) is 0 Å². The Hall–Kier alpha value is -1.17. The molecular weight excluding hydrogens is 409 g/mol. The topological polar surface area (TPSA) is 50.7 Å². The number of halogens is 3. The van der Waals surface area contributed by atoms with Crippen molar-refractivity contribution in [3.63, 3.8) is 0 Å². The van der Waals surface area contributed by atoms with Crippen LogP contribution in [0.3, 0.4) is 0 Å². The van der Waals surface area contributed by atoms with Gasteiger partial charge in [0.05, 0.1) is 12.1 Å². The van der Waals surface area contributed by atoms with Crippen molar-refractivity contribution >= 4 is 35.6 Å². The molecule has 2 aromatic carbocycles. The lowest BCUT2D eigenvalue weighted by molar-refractivity contribution is 0.0989. The number of methoxy groups -OCH3 is 1. The number of benzene rings is 2. The summed E-state index contributed by atoms with van der Waals surface area (Å²) in [5, 5.41) is 14.5. The van der Waals surface area contributed by atoms with Gasteiger partial charge in [0.15, 0.2) is 0 Å². The molecule has 4 nitrogen and oxygen atoms in total. The smallest absolute Gasteiger partial charge is 0.138 e. The molecule has 0 aliphatic carbocycles. The monoisotopic (exact) mass is 433 g/mol. The highest BCUT2D eigenvalue weighted by molar-refractivity contribution is 6.35. The molecule has 1 unspecified atom stereocenters. The average Bonchev–Trinajstić information content (AvgIpc) is 2.60. The minimum absolute atomic E-state index is 0. The third kappa shape index (κ3) is 8.16. The number of nitrogens with one attached hydrogen (secondary N) is 1. The lowest BCUT2D eigenvalue weighted by Crippen LogP contribution is -2.46. The molecule has 0 aliphatic heterocycles. The van der Waals surface area contributed by atoms with Crippen molar-refractivity contribution in [3.8, 4) is 11.5 Å². The fraction of sp³-hybridized carbons (Fsp3) is 0.400. The zero-order valence-corrected chi connectivity index (χ0v) is 18.0. The van der Waals surface area contributed by atoms with Crippen molar-refractivity contribution < 1.29 is 14.6 Å². The van der Waals surface area contributed by atoms with Gasteiger partial charge in [-0.05, 0) is 56.2 Å². The van der Waals surface area contributed by atoms with Crippen LogP contribution in [0.1, 0.15) is 19.4 Å². The van der Waals surface area contributed by atoms with E-state index in [1.165, 1.54) is 5.56 Å².